The van der Waals surface area contributed by atoms with Crippen molar-refractivity contribution in [2.75, 3.05) is 20.1 Å². The molecule has 0 aliphatic rings. The van der Waals surface area contributed by atoms with Crippen molar-refractivity contribution in [1.82, 2.24) is 14.0 Å². The van der Waals surface area contributed by atoms with Gasteiger partial charge >= 0.3 is 0 Å². The van der Waals surface area contributed by atoms with Gasteiger partial charge in [0.2, 0.25) is 0 Å². The van der Waals surface area contributed by atoms with Crippen LogP contribution < -0.4 is 10.5 Å². The molecule has 1 heterocycles. The second-order valence-electron chi connectivity index (χ2n) is 3.22. The highest BCUT2D eigenvalue weighted by Gasteiger charge is 2.16. The van der Waals surface area contributed by atoms with E-state index >= 15 is 0 Å². The normalized spacial score (nSPS) is 12.2. The monoisotopic (exact) mass is 264 g/mol. The van der Waals surface area contributed by atoms with Crippen LogP contribution in [-0.2, 0) is 16.8 Å². The Labute approximate surface area is 99.7 Å². The van der Waals surface area contributed by atoms with Crippen molar-refractivity contribution in [2.24, 2.45) is 5.73 Å². The summed E-state index contributed by atoms with van der Waals surface area (Å²) in [4.78, 5) is 3.99. The molecule has 6 nitrogen and oxygen atoms in total. The van der Waals surface area contributed by atoms with E-state index in [4.69, 9.17) is 5.73 Å². The molecule has 0 spiro atoms. The van der Waals surface area contributed by atoms with Crippen LogP contribution in [0.25, 0.3) is 0 Å². The van der Waals surface area contributed by atoms with Crippen molar-refractivity contribution in [3.8, 4) is 0 Å². The van der Waals surface area contributed by atoms with Gasteiger partial charge in [-0.2, -0.15) is 17.4 Å². The van der Waals surface area contributed by atoms with E-state index in [1.54, 1.807) is 6.20 Å². The van der Waals surface area contributed by atoms with Gasteiger partial charge in [-0.05, 0) is 13.0 Å². The number of nitrogens with two attached hydrogens (primary N) is 1. The third-order valence-corrected chi connectivity index (χ3v) is 4.27. The van der Waals surface area contributed by atoms with Crippen molar-refractivity contribution in [3.63, 3.8) is 0 Å². The number of nitrogens with one attached hydrogen (secondary N) is 1. The van der Waals surface area contributed by atoms with E-state index in [-0.39, 0.29) is 6.54 Å². The maximum Gasteiger partial charge on any atom is 0.279 e. The fraction of sp³-hybridized carbons (Fsp3) is 0.625. The van der Waals surface area contributed by atoms with Crippen LogP contribution >= 0.6 is 11.3 Å². The molecular formula is C8H16N4O2S2. The minimum Gasteiger partial charge on any atom is -0.330 e. The van der Waals surface area contributed by atoms with Crippen LogP contribution in [-0.4, -0.2) is 37.8 Å². The van der Waals surface area contributed by atoms with E-state index < -0.39 is 10.2 Å². The zero-order valence-electron chi connectivity index (χ0n) is 9.09. The molecule has 92 valence electrons. The Balaban J connectivity index is 2.45. The van der Waals surface area contributed by atoms with E-state index in [0.717, 1.165) is 5.01 Å². The van der Waals surface area contributed by atoms with Gasteiger partial charge in [0.05, 0.1) is 6.54 Å². The molecule has 3 N–H and O–H groups in total. The molecule has 16 heavy (non-hydrogen) atoms. The third-order valence-electron chi connectivity index (χ3n) is 1.98. The second kappa shape index (κ2) is 6.26. The van der Waals surface area contributed by atoms with E-state index in [1.807, 2.05) is 5.38 Å². The molecule has 0 aliphatic heterocycles. The first-order valence-corrected chi connectivity index (χ1v) is 7.17. The molecule has 0 unspecified atom stereocenters. The van der Waals surface area contributed by atoms with Crippen molar-refractivity contribution < 1.29 is 8.42 Å². The first kappa shape index (κ1) is 13.5. The lowest BCUT2D eigenvalue weighted by atomic mass is 10.4. The van der Waals surface area contributed by atoms with Gasteiger partial charge in [0, 0.05) is 25.2 Å². The Bertz CT molecular complexity index is 390. The maximum atomic E-state index is 11.7. The summed E-state index contributed by atoms with van der Waals surface area (Å²) in [6.45, 7) is 1.13. The van der Waals surface area contributed by atoms with Gasteiger partial charge in [0.1, 0.15) is 5.01 Å². The molecule has 0 fully saturated rings. The molecule has 0 saturated heterocycles. The minimum absolute atomic E-state index is 0.229. The predicted molar refractivity (Wildman–Crippen MR) is 64.2 cm³/mol. The summed E-state index contributed by atoms with van der Waals surface area (Å²) in [7, 11) is -1.89. The van der Waals surface area contributed by atoms with Crippen LogP contribution in [0.4, 0.5) is 0 Å². The van der Waals surface area contributed by atoms with Gasteiger partial charge in [0.15, 0.2) is 0 Å². The SMILES string of the molecule is CN(CCCN)S(=O)(=O)NCc1nccs1. The first-order chi connectivity index (χ1) is 7.56. The predicted octanol–water partition coefficient (Wildman–Crippen LogP) is -0.242. The summed E-state index contributed by atoms with van der Waals surface area (Å²) in [5, 5.41) is 2.55. The summed E-state index contributed by atoms with van der Waals surface area (Å²) in [5.41, 5.74) is 5.32. The highest BCUT2D eigenvalue weighted by molar-refractivity contribution is 7.87. The number of hydrogen-bond acceptors (Lipinski definition) is 5. The molecule has 1 aromatic heterocycles. The second-order valence-corrected chi connectivity index (χ2v) is 6.06. The average Bonchev–Trinajstić information content (AvgIpc) is 2.76. The maximum absolute atomic E-state index is 11.7. The Kier molecular flexibility index (Phi) is 5.29. The summed E-state index contributed by atoms with van der Waals surface area (Å²) >= 11 is 1.42. The van der Waals surface area contributed by atoms with E-state index in [1.165, 1.54) is 22.7 Å². The van der Waals surface area contributed by atoms with Crippen molar-refractivity contribution in [2.45, 2.75) is 13.0 Å². The van der Waals surface area contributed by atoms with Crippen LogP contribution in [0, 0.1) is 0 Å². The molecule has 8 heteroatoms. The quantitative estimate of drug-likeness (QED) is 0.711. The number of rotatable bonds is 7. The van der Waals surface area contributed by atoms with Crippen LogP contribution in [0.15, 0.2) is 11.6 Å². The summed E-state index contributed by atoms with van der Waals surface area (Å²) in [6, 6.07) is 0. The molecule has 0 radical (unpaired) electrons. The number of nitrogens with zero attached hydrogens (tertiary/aromatic N) is 2. The zero-order valence-corrected chi connectivity index (χ0v) is 10.7. The van der Waals surface area contributed by atoms with Crippen LogP contribution in [0.1, 0.15) is 11.4 Å². The molecule has 1 aromatic rings. The first-order valence-electron chi connectivity index (χ1n) is 4.85. The third kappa shape index (κ3) is 4.14. The largest absolute Gasteiger partial charge is 0.330 e. The highest BCUT2D eigenvalue weighted by Crippen LogP contribution is 2.04. The summed E-state index contributed by atoms with van der Waals surface area (Å²) in [6.07, 6.45) is 2.29. The number of hydrogen-bond donors (Lipinski definition) is 2. The van der Waals surface area contributed by atoms with Crippen LogP contribution in [0.2, 0.25) is 0 Å². The van der Waals surface area contributed by atoms with E-state index in [0.29, 0.717) is 19.5 Å². The lowest BCUT2D eigenvalue weighted by molar-refractivity contribution is 0.452. The Hall–Kier alpha value is -0.540. The fourth-order valence-corrected chi connectivity index (χ4v) is 2.59. The van der Waals surface area contributed by atoms with E-state index in [9.17, 15) is 8.42 Å². The standard InChI is InChI=1S/C8H16N4O2S2/c1-12(5-2-3-9)16(13,14)11-7-8-10-4-6-15-8/h4,6,11H,2-3,5,7,9H2,1H3. The fourth-order valence-electron chi connectivity index (χ4n) is 1.04. The van der Waals surface area contributed by atoms with Gasteiger partial charge in [-0.1, -0.05) is 0 Å². The van der Waals surface area contributed by atoms with Gasteiger partial charge in [0.25, 0.3) is 10.2 Å². The van der Waals surface area contributed by atoms with Crippen LogP contribution in [0.5, 0.6) is 0 Å². The van der Waals surface area contributed by atoms with Gasteiger partial charge in [-0.25, -0.2) is 4.98 Å². The highest BCUT2D eigenvalue weighted by atomic mass is 32.2. The number of thiazole rings is 1. The van der Waals surface area contributed by atoms with Gasteiger partial charge < -0.3 is 5.73 Å². The topological polar surface area (TPSA) is 88.3 Å². The van der Waals surface area contributed by atoms with Crippen molar-refractivity contribution in [1.29, 1.82) is 0 Å². The Morgan fingerprint density at radius 3 is 2.94 bits per heavy atom. The molecule has 0 atom stereocenters. The number of aromatic nitrogens is 1. The molecule has 1 rings (SSSR count). The Morgan fingerprint density at radius 1 is 1.62 bits per heavy atom. The smallest absolute Gasteiger partial charge is 0.279 e. The summed E-state index contributed by atoms with van der Waals surface area (Å²) in [5.74, 6) is 0. The van der Waals surface area contributed by atoms with E-state index in [2.05, 4.69) is 9.71 Å². The lowest BCUT2D eigenvalue weighted by Gasteiger charge is -2.16. The average molecular weight is 264 g/mol. The van der Waals surface area contributed by atoms with Gasteiger partial charge in [-0.3, -0.25) is 0 Å². The molecule has 0 saturated carbocycles. The zero-order chi connectivity index (χ0) is 12.0. The van der Waals surface area contributed by atoms with Crippen molar-refractivity contribution >= 4 is 21.5 Å². The van der Waals surface area contributed by atoms with Gasteiger partial charge in [-0.15, -0.1) is 11.3 Å². The van der Waals surface area contributed by atoms with Crippen molar-refractivity contribution in [3.05, 3.63) is 16.6 Å². The molecular weight excluding hydrogens is 248 g/mol. The molecule has 0 bridgehead atoms. The van der Waals surface area contributed by atoms with Crippen LogP contribution in [0.3, 0.4) is 0 Å². The molecule has 0 aromatic carbocycles. The molecule has 0 amide bonds. The minimum atomic E-state index is -3.41. The summed E-state index contributed by atoms with van der Waals surface area (Å²) < 4.78 is 27.1. The Morgan fingerprint density at radius 2 is 2.38 bits per heavy atom. The molecule has 0 aliphatic carbocycles. The lowest BCUT2D eigenvalue weighted by Crippen LogP contribution is -2.38.